The molecule has 6 heteroatoms. The summed E-state index contributed by atoms with van der Waals surface area (Å²) < 4.78 is 2.49. The lowest BCUT2D eigenvalue weighted by molar-refractivity contribution is 1.06. The maximum absolute atomic E-state index is 5.82. The molecule has 1 aromatic heterocycles. The molecule has 0 aliphatic rings. The summed E-state index contributed by atoms with van der Waals surface area (Å²) >= 11 is 15.0. The third-order valence-electron chi connectivity index (χ3n) is 1.65. The van der Waals surface area contributed by atoms with Crippen molar-refractivity contribution in [2.75, 3.05) is 0 Å². The predicted molar refractivity (Wildman–Crippen MR) is 59.1 cm³/mol. The third-order valence-corrected chi connectivity index (χ3v) is 2.63. The van der Waals surface area contributed by atoms with Crippen molar-refractivity contribution in [3.63, 3.8) is 0 Å². The van der Waals surface area contributed by atoms with Crippen LogP contribution in [0.4, 0.5) is 0 Å². The van der Waals surface area contributed by atoms with E-state index in [0.717, 1.165) is 10.2 Å². The lowest BCUT2D eigenvalue weighted by Crippen LogP contribution is -1.93. The van der Waals surface area contributed by atoms with Crippen LogP contribution in [-0.2, 0) is 0 Å². The number of nitrogens with zero attached hydrogens (tertiary/aromatic N) is 3. The van der Waals surface area contributed by atoms with Gasteiger partial charge in [-0.05, 0) is 41.4 Å². The molecule has 0 N–H and O–H groups in total. The van der Waals surface area contributed by atoms with Gasteiger partial charge in [0.2, 0.25) is 10.6 Å². The van der Waals surface area contributed by atoms with E-state index >= 15 is 0 Å². The van der Waals surface area contributed by atoms with Crippen LogP contribution in [-0.4, -0.2) is 14.8 Å². The van der Waals surface area contributed by atoms with Gasteiger partial charge in [-0.25, -0.2) is 0 Å². The van der Waals surface area contributed by atoms with Crippen LogP contribution in [0.1, 0.15) is 0 Å². The van der Waals surface area contributed by atoms with E-state index < -0.39 is 0 Å². The van der Waals surface area contributed by atoms with Crippen LogP contribution < -0.4 is 0 Å². The van der Waals surface area contributed by atoms with Gasteiger partial charge in [-0.15, -0.1) is 10.2 Å². The largest absolute Gasteiger partial charge is 0.256 e. The Morgan fingerprint density at radius 2 is 1.79 bits per heavy atom. The Hall–Kier alpha value is -0.580. The van der Waals surface area contributed by atoms with E-state index in [-0.39, 0.29) is 10.6 Å². The van der Waals surface area contributed by atoms with E-state index in [0.29, 0.717) is 0 Å². The Morgan fingerprint density at radius 1 is 1.14 bits per heavy atom. The smallest absolute Gasteiger partial charge is 0.230 e. The highest BCUT2D eigenvalue weighted by Crippen LogP contribution is 2.22. The van der Waals surface area contributed by atoms with Gasteiger partial charge < -0.3 is 0 Å². The number of hydrogen-bond donors (Lipinski definition) is 0. The normalized spacial score (nSPS) is 10.5. The van der Waals surface area contributed by atoms with Gasteiger partial charge in [-0.1, -0.05) is 22.0 Å². The monoisotopic (exact) mass is 291 g/mol. The van der Waals surface area contributed by atoms with Crippen molar-refractivity contribution in [2.24, 2.45) is 0 Å². The zero-order chi connectivity index (χ0) is 10.1. The molecule has 14 heavy (non-hydrogen) atoms. The van der Waals surface area contributed by atoms with E-state index in [1.165, 1.54) is 0 Å². The van der Waals surface area contributed by atoms with Gasteiger partial charge in [0.15, 0.2) is 0 Å². The van der Waals surface area contributed by atoms with Crippen LogP contribution >= 0.6 is 39.1 Å². The zero-order valence-electron chi connectivity index (χ0n) is 6.78. The maximum Gasteiger partial charge on any atom is 0.230 e. The molecule has 1 aromatic carbocycles. The van der Waals surface area contributed by atoms with Gasteiger partial charge in [0.1, 0.15) is 0 Å². The second-order valence-corrected chi connectivity index (χ2v) is 4.15. The molecule has 0 radical (unpaired) electrons. The quantitative estimate of drug-likeness (QED) is 0.807. The molecule has 0 spiro atoms. The van der Waals surface area contributed by atoms with Crippen molar-refractivity contribution in [1.29, 1.82) is 0 Å². The fourth-order valence-electron chi connectivity index (χ4n) is 1.08. The van der Waals surface area contributed by atoms with Crippen LogP contribution in [0.3, 0.4) is 0 Å². The van der Waals surface area contributed by atoms with Crippen LogP contribution in [0.2, 0.25) is 10.6 Å². The minimum Gasteiger partial charge on any atom is -0.256 e. The first-order valence-electron chi connectivity index (χ1n) is 3.71. The summed E-state index contributed by atoms with van der Waals surface area (Å²) in [6.45, 7) is 0. The Bertz CT molecular complexity index is 450. The fourth-order valence-corrected chi connectivity index (χ4v) is 1.94. The first-order valence-corrected chi connectivity index (χ1v) is 5.26. The van der Waals surface area contributed by atoms with Gasteiger partial charge in [-0.2, -0.15) is 0 Å². The third kappa shape index (κ3) is 1.78. The Balaban J connectivity index is 2.59. The lowest BCUT2D eigenvalue weighted by atomic mass is 10.3. The van der Waals surface area contributed by atoms with Crippen molar-refractivity contribution in [3.05, 3.63) is 39.3 Å². The van der Waals surface area contributed by atoms with Crippen LogP contribution in [0.5, 0.6) is 0 Å². The average molecular weight is 293 g/mol. The maximum atomic E-state index is 5.82. The Kier molecular flexibility index (Phi) is 2.76. The minimum atomic E-state index is 0.244. The summed E-state index contributed by atoms with van der Waals surface area (Å²) in [5.74, 6) is 0. The summed E-state index contributed by atoms with van der Waals surface area (Å²) in [5, 5.41) is 7.79. The van der Waals surface area contributed by atoms with Crippen LogP contribution in [0, 0.1) is 0 Å². The molecule has 0 aliphatic heterocycles. The molecule has 0 bridgehead atoms. The van der Waals surface area contributed by atoms with E-state index in [9.17, 15) is 0 Å². The van der Waals surface area contributed by atoms with Gasteiger partial charge in [-0.3, -0.25) is 4.57 Å². The molecule has 0 aliphatic carbocycles. The van der Waals surface area contributed by atoms with E-state index in [1.807, 2.05) is 24.3 Å². The van der Waals surface area contributed by atoms with Crippen molar-refractivity contribution in [1.82, 2.24) is 14.8 Å². The molecule has 0 amide bonds. The molecular formula is C8H4BrCl2N3. The predicted octanol–water partition coefficient (Wildman–Crippen LogP) is 3.34. The number of benzene rings is 1. The van der Waals surface area contributed by atoms with Gasteiger partial charge in [0.25, 0.3) is 0 Å². The summed E-state index contributed by atoms with van der Waals surface area (Å²) in [4.78, 5) is 0. The molecule has 3 nitrogen and oxygen atoms in total. The topological polar surface area (TPSA) is 30.7 Å². The first-order chi connectivity index (χ1) is 6.68. The first kappa shape index (κ1) is 9.96. The molecule has 2 rings (SSSR count). The Labute approximate surface area is 98.8 Å². The molecule has 0 saturated heterocycles. The lowest BCUT2D eigenvalue weighted by Gasteiger charge is -2.03. The summed E-state index contributed by atoms with van der Waals surface area (Å²) in [6, 6.07) is 7.54. The molecule has 0 saturated carbocycles. The van der Waals surface area contributed by atoms with Crippen LogP contribution in [0.25, 0.3) is 5.69 Å². The number of rotatable bonds is 1. The Morgan fingerprint density at radius 3 is 2.36 bits per heavy atom. The minimum absolute atomic E-state index is 0.244. The summed E-state index contributed by atoms with van der Waals surface area (Å²) in [7, 11) is 0. The van der Waals surface area contributed by atoms with Gasteiger partial charge >= 0.3 is 0 Å². The summed E-state index contributed by atoms with van der Waals surface area (Å²) in [6.07, 6.45) is 0. The van der Waals surface area contributed by atoms with Crippen molar-refractivity contribution in [2.45, 2.75) is 0 Å². The molecule has 0 unspecified atom stereocenters. The standard InChI is InChI=1S/C8H4BrCl2N3/c9-5-2-1-3-6(4-5)14-7(10)12-13-8(14)11/h1-4H. The molecule has 0 atom stereocenters. The number of hydrogen-bond acceptors (Lipinski definition) is 2. The van der Waals surface area contributed by atoms with Crippen LogP contribution in [0.15, 0.2) is 28.7 Å². The SMILES string of the molecule is Clc1nnc(Cl)n1-c1cccc(Br)c1. The van der Waals surface area contributed by atoms with E-state index in [4.69, 9.17) is 23.2 Å². The molecule has 1 heterocycles. The highest BCUT2D eigenvalue weighted by atomic mass is 79.9. The van der Waals surface area contributed by atoms with Crippen molar-refractivity contribution in [3.8, 4) is 5.69 Å². The van der Waals surface area contributed by atoms with Crippen molar-refractivity contribution < 1.29 is 0 Å². The molecule has 0 fully saturated rings. The molecule has 72 valence electrons. The second-order valence-electron chi connectivity index (χ2n) is 2.55. The highest BCUT2D eigenvalue weighted by molar-refractivity contribution is 9.10. The van der Waals surface area contributed by atoms with Gasteiger partial charge in [0, 0.05) is 4.47 Å². The molecular weight excluding hydrogens is 289 g/mol. The fraction of sp³-hybridized carbons (Fsp3) is 0. The number of aromatic nitrogens is 3. The highest BCUT2D eigenvalue weighted by Gasteiger charge is 2.09. The zero-order valence-corrected chi connectivity index (χ0v) is 9.88. The van der Waals surface area contributed by atoms with E-state index in [1.54, 1.807) is 4.57 Å². The molecule has 2 aromatic rings. The number of halogens is 3. The second kappa shape index (κ2) is 3.88. The summed E-state index contributed by atoms with van der Waals surface area (Å²) in [5.41, 5.74) is 0.819. The average Bonchev–Trinajstić information content (AvgIpc) is 2.46. The van der Waals surface area contributed by atoms with Gasteiger partial charge in [0.05, 0.1) is 5.69 Å². The van der Waals surface area contributed by atoms with Crippen molar-refractivity contribution >= 4 is 39.1 Å². The van der Waals surface area contributed by atoms with E-state index in [2.05, 4.69) is 26.1 Å².